The van der Waals surface area contributed by atoms with Crippen LogP contribution in [0.15, 0.2) is 90.5 Å². The maximum atomic E-state index is 15.0. The van der Waals surface area contributed by atoms with Gasteiger partial charge in [0.1, 0.15) is 0 Å². The summed E-state index contributed by atoms with van der Waals surface area (Å²) in [5.74, 6) is -4.06. The zero-order chi connectivity index (χ0) is 30.7. The molecule has 3 fully saturated rings. The molecule has 0 radical (unpaired) electrons. The second-order valence-electron chi connectivity index (χ2n) is 11.8. The molecule has 4 amide bonds. The minimum atomic E-state index is -1.33. The van der Waals surface area contributed by atoms with Gasteiger partial charge >= 0.3 is 0 Å². The first kappa shape index (κ1) is 28.1. The van der Waals surface area contributed by atoms with E-state index in [9.17, 15) is 24.3 Å². The van der Waals surface area contributed by atoms with Crippen LogP contribution in [0.4, 0.5) is 5.69 Å². The standard InChI is InChI=1S/C35H29ClN2O6/c1-44-29-16-19(11-15-28(29)39)10-14-26-23-12-13-24-30(32(41)37-31(24)40)25(23)18-27-33(42)38(22-9-5-8-21(36)17-22)34(43)35(26,27)20-6-3-2-4-7-20/h2-12,14-17,24-27,30,39H,13,18H2,1H3,(H,37,40,41)/t24-,25+,26-,27-,30-,35-/m0/s1. The molecule has 0 aromatic heterocycles. The minimum Gasteiger partial charge on any atom is -0.504 e. The van der Waals surface area contributed by atoms with Crippen molar-refractivity contribution >= 4 is 47.0 Å². The number of ether oxygens (including phenoxy) is 1. The zero-order valence-electron chi connectivity index (χ0n) is 23.8. The van der Waals surface area contributed by atoms with E-state index in [1.807, 2.05) is 48.6 Å². The first-order valence-corrected chi connectivity index (χ1v) is 14.9. The van der Waals surface area contributed by atoms with Crippen molar-refractivity contribution in [3.63, 3.8) is 0 Å². The number of methoxy groups -OCH3 is 1. The van der Waals surface area contributed by atoms with Crippen LogP contribution in [-0.4, -0.2) is 35.8 Å². The van der Waals surface area contributed by atoms with Crippen molar-refractivity contribution in [2.75, 3.05) is 12.0 Å². The van der Waals surface area contributed by atoms with E-state index in [-0.39, 0.29) is 35.8 Å². The number of halogens is 1. The van der Waals surface area contributed by atoms with Crippen LogP contribution in [0.2, 0.25) is 5.02 Å². The summed E-state index contributed by atoms with van der Waals surface area (Å²) in [5, 5.41) is 13.0. The summed E-state index contributed by atoms with van der Waals surface area (Å²) >= 11 is 6.32. The largest absolute Gasteiger partial charge is 0.504 e. The van der Waals surface area contributed by atoms with Gasteiger partial charge in [0, 0.05) is 10.9 Å². The average Bonchev–Trinajstić information content (AvgIpc) is 3.45. The van der Waals surface area contributed by atoms with Gasteiger partial charge in [0.05, 0.1) is 36.0 Å². The van der Waals surface area contributed by atoms with Gasteiger partial charge in [-0.2, -0.15) is 0 Å². The number of carbonyl (C=O) groups is 4. The van der Waals surface area contributed by atoms with Crippen molar-refractivity contribution in [1.82, 2.24) is 5.32 Å². The number of nitrogens with one attached hydrogen (secondary N) is 1. The van der Waals surface area contributed by atoms with E-state index in [4.69, 9.17) is 16.3 Å². The Kier molecular flexibility index (Phi) is 6.70. The van der Waals surface area contributed by atoms with Gasteiger partial charge in [0.2, 0.25) is 23.6 Å². The first-order valence-electron chi connectivity index (χ1n) is 14.5. The number of benzene rings is 3. The number of fused-ring (bicyclic) bond motifs is 4. The van der Waals surface area contributed by atoms with Crippen molar-refractivity contribution in [1.29, 1.82) is 0 Å². The summed E-state index contributed by atoms with van der Waals surface area (Å²) in [4.78, 5) is 56.6. The van der Waals surface area contributed by atoms with Gasteiger partial charge in [0.25, 0.3) is 0 Å². The molecule has 2 aliphatic heterocycles. The second-order valence-corrected chi connectivity index (χ2v) is 12.2. The van der Waals surface area contributed by atoms with Crippen LogP contribution in [0.1, 0.15) is 24.0 Å². The van der Waals surface area contributed by atoms with E-state index in [0.29, 0.717) is 34.0 Å². The zero-order valence-corrected chi connectivity index (χ0v) is 24.5. The molecule has 2 saturated heterocycles. The third-order valence-corrected chi connectivity index (χ3v) is 9.99. The molecule has 7 rings (SSSR count). The van der Waals surface area contributed by atoms with Gasteiger partial charge in [-0.25, -0.2) is 4.90 Å². The molecule has 2 heterocycles. The fraction of sp³-hybridized carbons (Fsp3) is 0.257. The monoisotopic (exact) mass is 608 g/mol. The molecule has 2 N–H and O–H groups in total. The predicted octanol–water partition coefficient (Wildman–Crippen LogP) is 5.05. The number of rotatable bonds is 5. The molecule has 4 aliphatic rings. The normalized spacial score (nSPS) is 29.3. The summed E-state index contributed by atoms with van der Waals surface area (Å²) in [5.41, 5.74) is 1.33. The quantitative estimate of drug-likeness (QED) is 0.310. The molecule has 44 heavy (non-hydrogen) atoms. The lowest BCUT2D eigenvalue weighted by Crippen LogP contribution is -2.54. The maximum Gasteiger partial charge on any atom is 0.246 e. The summed E-state index contributed by atoms with van der Waals surface area (Å²) in [6, 6.07) is 21.0. The first-order chi connectivity index (χ1) is 21.2. The van der Waals surface area contributed by atoms with Crippen LogP contribution in [0.5, 0.6) is 11.5 Å². The third-order valence-electron chi connectivity index (χ3n) is 9.76. The van der Waals surface area contributed by atoms with Crippen molar-refractivity contribution in [3.8, 4) is 11.5 Å². The molecule has 6 atom stereocenters. The lowest BCUT2D eigenvalue weighted by molar-refractivity contribution is -0.128. The highest BCUT2D eigenvalue weighted by molar-refractivity contribution is 6.32. The number of anilines is 1. The van der Waals surface area contributed by atoms with E-state index >= 15 is 0 Å². The number of imide groups is 2. The second kappa shape index (κ2) is 10.5. The van der Waals surface area contributed by atoms with Crippen molar-refractivity contribution in [2.24, 2.45) is 29.6 Å². The molecule has 2 aliphatic carbocycles. The van der Waals surface area contributed by atoms with Crippen LogP contribution in [-0.2, 0) is 24.6 Å². The van der Waals surface area contributed by atoms with Crippen molar-refractivity contribution in [2.45, 2.75) is 18.3 Å². The highest BCUT2D eigenvalue weighted by Crippen LogP contribution is 2.61. The Hall–Kier alpha value is -4.69. The number of phenols is 1. The number of aromatic hydroxyl groups is 1. The Morgan fingerprint density at radius 2 is 1.77 bits per heavy atom. The van der Waals surface area contributed by atoms with Gasteiger partial charge in [-0.05, 0) is 60.2 Å². The van der Waals surface area contributed by atoms with Crippen LogP contribution >= 0.6 is 11.6 Å². The summed E-state index contributed by atoms with van der Waals surface area (Å²) < 4.78 is 5.31. The number of allylic oxidation sites excluding steroid dienone is 3. The van der Waals surface area contributed by atoms with Crippen LogP contribution in [0.25, 0.3) is 6.08 Å². The van der Waals surface area contributed by atoms with Crippen LogP contribution in [0, 0.1) is 29.6 Å². The summed E-state index contributed by atoms with van der Waals surface area (Å²) in [6.07, 6.45) is 6.37. The van der Waals surface area contributed by atoms with E-state index < -0.39 is 35.0 Å². The number of hydrogen-bond acceptors (Lipinski definition) is 6. The van der Waals surface area contributed by atoms with Gasteiger partial charge in [-0.1, -0.05) is 77.9 Å². The highest BCUT2D eigenvalue weighted by atomic mass is 35.5. The number of carbonyl (C=O) groups excluding carboxylic acids is 4. The van der Waals surface area contributed by atoms with Gasteiger partial charge in [0.15, 0.2) is 11.5 Å². The van der Waals surface area contributed by atoms with Crippen molar-refractivity contribution in [3.05, 3.63) is 107 Å². The van der Waals surface area contributed by atoms with Gasteiger partial charge in [-0.15, -0.1) is 0 Å². The molecule has 3 aromatic rings. The van der Waals surface area contributed by atoms with E-state index in [1.165, 1.54) is 18.1 Å². The molecular weight excluding hydrogens is 580 g/mol. The van der Waals surface area contributed by atoms with E-state index in [0.717, 1.165) is 5.57 Å². The fourth-order valence-corrected chi connectivity index (χ4v) is 8.09. The predicted molar refractivity (Wildman–Crippen MR) is 164 cm³/mol. The smallest absolute Gasteiger partial charge is 0.246 e. The molecule has 9 heteroatoms. The lowest BCUT2D eigenvalue weighted by Gasteiger charge is -2.49. The minimum absolute atomic E-state index is 0.00475. The molecule has 8 nitrogen and oxygen atoms in total. The summed E-state index contributed by atoms with van der Waals surface area (Å²) in [6.45, 7) is 0. The molecule has 0 bridgehead atoms. The number of hydrogen-bond donors (Lipinski definition) is 2. The Bertz CT molecular complexity index is 1780. The average molecular weight is 609 g/mol. The maximum absolute atomic E-state index is 15.0. The Balaban J connectivity index is 1.46. The molecule has 1 saturated carbocycles. The molecule has 222 valence electrons. The van der Waals surface area contributed by atoms with Gasteiger partial charge < -0.3 is 9.84 Å². The van der Waals surface area contributed by atoms with E-state index in [1.54, 1.807) is 36.4 Å². The SMILES string of the molecule is COc1cc(C=C[C@H]2C3=CC[C@@H]4C(=O)NC(=O)[C@@H]4[C@@H]3C[C@H]3C(=O)N(c4cccc(Cl)c4)C(=O)[C@@]23c2ccccc2)ccc1O. The number of nitrogens with zero attached hydrogens (tertiary/aromatic N) is 1. The topological polar surface area (TPSA) is 113 Å². The van der Waals surface area contributed by atoms with Crippen LogP contribution in [0.3, 0.4) is 0 Å². The number of amides is 4. The Labute approximate surface area is 259 Å². The van der Waals surface area contributed by atoms with E-state index in [2.05, 4.69) is 5.32 Å². The number of phenolic OH excluding ortho intramolecular Hbond substituents is 1. The molecule has 3 aromatic carbocycles. The Morgan fingerprint density at radius 1 is 0.977 bits per heavy atom. The molecule has 0 unspecified atom stereocenters. The highest BCUT2D eigenvalue weighted by Gasteiger charge is 2.69. The Morgan fingerprint density at radius 3 is 2.52 bits per heavy atom. The summed E-state index contributed by atoms with van der Waals surface area (Å²) in [7, 11) is 1.47. The fourth-order valence-electron chi connectivity index (χ4n) is 7.91. The van der Waals surface area contributed by atoms with Crippen molar-refractivity contribution < 1.29 is 29.0 Å². The van der Waals surface area contributed by atoms with Gasteiger partial charge in [-0.3, -0.25) is 24.5 Å². The lowest BCUT2D eigenvalue weighted by atomic mass is 9.50. The molecular formula is C35H29ClN2O6. The molecule has 0 spiro atoms. The van der Waals surface area contributed by atoms with Crippen LogP contribution < -0.4 is 15.0 Å². The third kappa shape index (κ3) is 4.04.